The SMILES string of the molecule is CC[C@@H](CO)N1C(=O)[C@@H]2[C@H]3C(=O)O[C@@H](c4ccccc4)[C@H](COC)NC(=O)CC/C=C\CN(C(C)(C)CC(C)(C)C)C(=O)[C@@H]1[C@]21C=C(Br)[C@H]3O1. The molecule has 0 unspecified atom stereocenters. The molecule has 5 bridgehead atoms. The van der Waals surface area contributed by atoms with Crippen molar-refractivity contribution in [3.8, 4) is 0 Å². The van der Waals surface area contributed by atoms with E-state index in [-0.39, 0.29) is 43.4 Å². The van der Waals surface area contributed by atoms with Crippen molar-refractivity contribution in [3.63, 3.8) is 0 Å². The Morgan fingerprint density at radius 3 is 2.38 bits per heavy atom. The number of rotatable bonds is 8. The van der Waals surface area contributed by atoms with Crippen molar-refractivity contribution in [3.05, 3.63) is 58.6 Å². The number of carbonyl (C=O) groups excluding carboxylic acids is 4. The molecule has 3 amide bonds. The molecule has 0 aromatic heterocycles. The Bertz CT molecular complexity index is 1500. The molecule has 5 rings (SSSR count). The normalized spacial score (nSPS) is 32.1. The fourth-order valence-electron chi connectivity index (χ4n) is 8.59. The van der Waals surface area contributed by atoms with Crippen molar-refractivity contribution in [2.75, 3.05) is 26.9 Å². The van der Waals surface area contributed by atoms with E-state index in [2.05, 4.69) is 42.0 Å². The van der Waals surface area contributed by atoms with Crippen LogP contribution < -0.4 is 5.32 Å². The summed E-state index contributed by atoms with van der Waals surface area (Å²) in [4.78, 5) is 61.1. The molecule has 0 aliphatic carbocycles. The number of aliphatic hydroxyl groups is 1. The van der Waals surface area contributed by atoms with Gasteiger partial charge in [-0.3, -0.25) is 19.2 Å². The summed E-state index contributed by atoms with van der Waals surface area (Å²) in [6.07, 6.45) is 5.35. The molecule has 0 radical (unpaired) electrons. The summed E-state index contributed by atoms with van der Waals surface area (Å²) in [6, 6.07) is 6.53. The fraction of sp³-hybridized carbons (Fsp3) is 0.632. The number of nitrogens with one attached hydrogen (secondary N) is 1. The lowest BCUT2D eigenvalue weighted by atomic mass is 9.74. The van der Waals surface area contributed by atoms with Crippen LogP contribution in [0.25, 0.3) is 0 Å². The number of benzene rings is 1. The van der Waals surface area contributed by atoms with E-state index in [9.17, 15) is 19.5 Å². The Labute approximate surface area is 303 Å². The minimum Gasteiger partial charge on any atom is -0.455 e. The molecule has 1 aromatic rings. The van der Waals surface area contributed by atoms with Crippen LogP contribution in [-0.4, -0.2) is 101 Å². The number of likely N-dealkylation sites (tertiary alicyclic amines) is 1. The first kappa shape index (κ1) is 38.2. The van der Waals surface area contributed by atoms with Gasteiger partial charge in [0.2, 0.25) is 17.7 Å². The fourth-order valence-corrected chi connectivity index (χ4v) is 9.33. The molecule has 1 spiro atoms. The van der Waals surface area contributed by atoms with Gasteiger partial charge < -0.3 is 34.4 Å². The first-order valence-corrected chi connectivity index (χ1v) is 18.4. The van der Waals surface area contributed by atoms with Gasteiger partial charge in [0.05, 0.1) is 31.2 Å². The summed E-state index contributed by atoms with van der Waals surface area (Å²) >= 11 is 3.62. The largest absolute Gasteiger partial charge is 0.455 e. The number of aliphatic hydroxyl groups excluding tert-OH is 1. The number of hydrogen-bond donors (Lipinski definition) is 2. The minimum atomic E-state index is -1.49. The smallest absolute Gasteiger partial charge is 0.313 e. The second kappa shape index (κ2) is 14.9. The lowest BCUT2D eigenvalue weighted by Gasteiger charge is -2.46. The standard InChI is InChI=1S/C38H52BrN3O8/c1-8-24(20-43)42-32-34(46)41(37(5,6)22-36(2,3)4)18-14-10-13-17-27(44)40-26(21-48-7)30(23-15-11-9-12-16-23)49-35(47)28-29(33(42)45)38(32)19-25(39)31(28)50-38/h9-12,14-16,19,24,26,28-32,43H,8,13,17-18,20-22H2,1-7H3,(H,40,44)/b14-10-/t24-,26-,28+,29-,30-,31+,32+,38-/m0/s1. The predicted octanol–water partition coefficient (Wildman–Crippen LogP) is 4.44. The van der Waals surface area contributed by atoms with Gasteiger partial charge in [-0.1, -0.05) is 86.1 Å². The lowest BCUT2D eigenvalue weighted by molar-refractivity contribution is -0.163. The van der Waals surface area contributed by atoms with E-state index in [0.717, 1.165) is 0 Å². The molecule has 4 aliphatic heterocycles. The summed E-state index contributed by atoms with van der Waals surface area (Å²) in [7, 11) is 1.51. The number of allylic oxidation sites excluding steroid dienone is 1. The summed E-state index contributed by atoms with van der Waals surface area (Å²) in [5.74, 6) is -3.89. The van der Waals surface area contributed by atoms with Crippen LogP contribution in [-0.2, 0) is 33.4 Å². The van der Waals surface area contributed by atoms with E-state index >= 15 is 4.79 Å². The third kappa shape index (κ3) is 7.18. The van der Waals surface area contributed by atoms with Crippen LogP contribution in [0.15, 0.2) is 53.0 Å². The van der Waals surface area contributed by atoms with Crippen molar-refractivity contribution in [2.45, 2.75) is 109 Å². The Balaban J connectivity index is 1.68. The van der Waals surface area contributed by atoms with Crippen LogP contribution in [0.2, 0.25) is 0 Å². The monoisotopic (exact) mass is 757 g/mol. The Kier molecular flexibility index (Phi) is 11.4. The van der Waals surface area contributed by atoms with Crippen molar-refractivity contribution in [2.24, 2.45) is 17.3 Å². The maximum absolute atomic E-state index is 15.2. The minimum absolute atomic E-state index is 0.0613. The third-order valence-electron chi connectivity index (χ3n) is 10.3. The maximum atomic E-state index is 15.2. The highest BCUT2D eigenvalue weighted by Gasteiger charge is 2.75. The van der Waals surface area contributed by atoms with E-state index in [1.165, 1.54) is 12.0 Å². The van der Waals surface area contributed by atoms with Gasteiger partial charge in [0.15, 0.2) is 0 Å². The van der Waals surface area contributed by atoms with Gasteiger partial charge in [-0.15, -0.1) is 0 Å². The quantitative estimate of drug-likeness (QED) is 0.294. The highest BCUT2D eigenvalue weighted by molar-refractivity contribution is 9.11. The van der Waals surface area contributed by atoms with E-state index in [0.29, 0.717) is 29.3 Å². The van der Waals surface area contributed by atoms with Gasteiger partial charge in [0.1, 0.15) is 29.8 Å². The Hall–Kier alpha value is -3.06. The molecule has 274 valence electrons. The number of ether oxygens (including phenoxy) is 3. The zero-order valence-electron chi connectivity index (χ0n) is 30.2. The topological polar surface area (TPSA) is 135 Å². The van der Waals surface area contributed by atoms with Crippen LogP contribution in [0, 0.1) is 17.3 Å². The first-order chi connectivity index (χ1) is 23.6. The molecule has 4 heterocycles. The van der Waals surface area contributed by atoms with E-state index in [1.807, 2.05) is 63.3 Å². The molecule has 8 atom stereocenters. The van der Waals surface area contributed by atoms with Crippen LogP contribution in [0.3, 0.4) is 0 Å². The number of fused-ring (bicyclic) bond motifs is 2. The van der Waals surface area contributed by atoms with Gasteiger partial charge in [-0.25, -0.2) is 0 Å². The van der Waals surface area contributed by atoms with Crippen LogP contribution in [0.1, 0.15) is 78.9 Å². The van der Waals surface area contributed by atoms with Crippen LogP contribution >= 0.6 is 15.9 Å². The number of esters is 1. The lowest BCUT2D eigenvalue weighted by Crippen LogP contribution is -2.62. The zero-order chi connectivity index (χ0) is 36.6. The summed E-state index contributed by atoms with van der Waals surface area (Å²) in [5.41, 5.74) is -1.66. The summed E-state index contributed by atoms with van der Waals surface area (Å²) in [5, 5.41) is 13.6. The van der Waals surface area contributed by atoms with E-state index < -0.39 is 65.2 Å². The van der Waals surface area contributed by atoms with Crippen molar-refractivity contribution >= 4 is 39.6 Å². The Morgan fingerprint density at radius 1 is 1.06 bits per heavy atom. The molecule has 11 nitrogen and oxygen atoms in total. The first-order valence-electron chi connectivity index (χ1n) is 17.6. The van der Waals surface area contributed by atoms with Gasteiger partial charge in [0, 0.05) is 30.1 Å². The highest BCUT2D eigenvalue weighted by Crippen LogP contribution is 2.59. The molecule has 0 saturated carbocycles. The number of amides is 3. The van der Waals surface area contributed by atoms with Crippen molar-refractivity contribution < 1.29 is 38.5 Å². The van der Waals surface area contributed by atoms with Gasteiger partial charge >= 0.3 is 5.97 Å². The van der Waals surface area contributed by atoms with Crippen LogP contribution in [0.5, 0.6) is 0 Å². The van der Waals surface area contributed by atoms with Crippen molar-refractivity contribution in [1.82, 2.24) is 15.1 Å². The average Bonchev–Trinajstić information content (AvgIpc) is 3.64. The second-order valence-electron chi connectivity index (χ2n) is 15.7. The van der Waals surface area contributed by atoms with E-state index in [1.54, 1.807) is 11.0 Å². The Morgan fingerprint density at radius 2 is 1.76 bits per heavy atom. The van der Waals surface area contributed by atoms with Gasteiger partial charge in [0.25, 0.3) is 0 Å². The number of nitrogens with zero attached hydrogens (tertiary/aromatic N) is 2. The molecule has 50 heavy (non-hydrogen) atoms. The molecule has 2 N–H and O–H groups in total. The number of halogens is 1. The van der Waals surface area contributed by atoms with E-state index in [4.69, 9.17) is 14.2 Å². The number of carbonyl (C=O) groups is 4. The van der Waals surface area contributed by atoms with Gasteiger partial charge in [-0.2, -0.15) is 0 Å². The predicted molar refractivity (Wildman–Crippen MR) is 191 cm³/mol. The number of methoxy groups -OCH3 is 1. The zero-order valence-corrected chi connectivity index (χ0v) is 31.8. The molecule has 2 fully saturated rings. The summed E-state index contributed by atoms with van der Waals surface area (Å²) in [6.45, 7) is 12.1. The number of cyclic esters (lactones) is 1. The maximum Gasteiger partial charge on any atom is 0.313 e. The molecule has 1 aromatic carbocycles. The third-order valence-corrected chi connectivity index (χ3v) is 11.0. The molecular formula is C38H52BrN3O8. The van der Waals surface area contributed by atoms with Crippen LogP contribution in [0.4, 0.5) is 0 Å². The molecule has 4 aliphatic rings. The second-order valence-corrected chi connectivity index (χ2v) is 16.6. The highest BCUT2D eigenvalue weighted by atomic mass is 79.9. The van der Waals surface area contributed by atoms with Crippen molar-refractivity contribution in [1.29, 1.82) is 0 Å². The average molecular weight is 759 g/mol. The van der Waals surface area contributed by atoms with Gasteiger partial charge in [-0.05, 0) is 50.2 Å². The number of hydrogen-bond acceptors (Lipinski definition) is 8. The molecule has 2 saturated heterocycles. The molecule has 12 heteroatoms. The molecular weight excluding hydrogens is 706 g/mol. The summed E-state index contributed by atoms with van der Waals surface area (Å²) < 4.78 is 19.1.